The summed E-state index contributed by atoms with van der Waals surface area (Å²) in [5, 5.41) is 45.8. The lowest BCUT2D eigenvalue weighted by Gasteiger charge is -2.23. The number of aromatic hydroxyl groups is 3. The summed E-state index contributed by atoms with van der Waals surface area (Å²) in [6.07, 6.45) is 4.66. The third-order valence-electron chi connectivity index (χ3n) is 8.08. The van der Waals surface area contributed by atoms with Gasteiger partial charge in [0.05, 0.1) is 19.3 Å². The highest BCUT2D eigenvalue weighted by Gasteiger charge is 2.31. The topological polar surface area (TPSA) is 163 Å². The third-order valence-corrected chi connectivity index (χ3v) is 8.08. The molecule has 0 saturated carbocycles. The number of hydrogen-bond donors (Lipinski definition) is 5. The monoisotopic (exact) mass is 631 g/mol. The van der Waals surface area contributed by atoms with Crippen molar-refractivity contribution in [2.24, 2.45) is 0 Å². The van der Waals surface area contributed by atoms with Gasteiger partial charge in [0.1, 0.15) is 34.3 Å². The van der Waals surface area contributed by atoms with Crippen molar-refractivity contribution in [3.05, 3.63) is 88.5 Å². The van der Waals surface area contributed by atoms with Crippen LogP contribution in [-0.2, 0) is 14.3 Å². The molecule has 1 aliphatic rings. The van der Waals surface area contributed by atoms with Crippen molar-refractivity contribution in [2.45, 2.75) is 70.0 Å². The minimum absolute atomic E-state index is 0.0251. The van der Waals surface area contributed by atoms with Gasteiger partial charge < -0.3 is 35.2 Å². The number of cyclic esters (lactones) is 1. The van der Waals surface area contributed by atoms with Crippen molar-refractivity contribution >= 4 is 23.7 Å². The molecular formula is C36H41NO9. The average Bonchev–Trinajstić information content (AvgIpc) is 3.02. The number of benzene rings is 3. The van der Waals surface area contributed by atoms with E-state index >= 15 is 0 Å². The molecule has 5 N–H and O–H groups in total. The number of fused-ring (bicyclic) bond motifs is 1. The Morgan fingerprint density at radius 3 is 2.37 bits per heavy atom. The lowest BCUT2D eigenvalue weighted by molar-refractivity contribution is -0.122. The first kappa shape index (κ1) is 34.1. The van der Waals surface area contributed by atoms with Gasteiger partial charge in [-0.2, -0.15) is 0 Å². The summed E-state index contributed by atoms with van der Waals surface area (Å²) in [6.45, 7) is 1.60. The Bertz CT molecular complexity index is 1550. The Balaban J connectivity index is 1.70. The number of methoxy groups -OCH3 is 1. The number of carbonyl (C=O) groups is 3. The summed E-state index contributed by atoms with van der Waals surface area (Å²) in [6, 6.07) is 14.1. The first-order chi connectivity index (χ1) is 22.1. The van der Waals surface area contributed by atoms with Crippen molar-refractivity contribution in [1.82, 2.24) is 5.32 Å². The van der Waals surface area contributed by atoms with Crippen molar-refractivity contribution in [1.29, 1.82) is 0 Å². The fourth-order valence-electron chi connectivity index (χ4n) is 5.52. The van der Waals surface area contributed by atoms with Crippen LogP contribution < -0.4 is 10.1 Å². The van der Waals surface area contributed by atoms with Crippen LogP contribution in [0.15, 0.2) is 60.7 Å². The number of phenols is 3. The molecular weight excluding hydrogens is 590 g/mol. The number of hydrogen-bond acceptors (Lipinski definition) is 9. The molecule has 0 aromatic heterocycles. The molecule has 3 aromatic carbocycles. The summed E-state index contributed by atoms with van der Waals surface area (Å²) < 4.78 is 11.0. The summed E-state index contributed by atoms with van der Waals surface area (Å²) in [4.78, 5) is 39.0. The molecule has 3 aromatic rings. The molecule has 1 amide bonds. The van der Waals surface area contributed by atoms with Gasteiger partial charge in [-0.1, -0.05) is 36.4 Å². The van der Waals surface area contributed by atoms with E-state index in [9.17, 15) is 34.8 Å². The Hall–Kier alpha value is -4.83. The standard InChI is InChI=1S/C36H41NO9/c1-22-7-6-10-26(38)9-5-3-4-8-25-19-30(40)34(35(43)33(25)36(44)46-22)29(23-13-17-28(45-2)18-14-23)20-32(42)37-21-31(41)24-11-15-27(39)16-12-24/h4,8,11-19,22,29,31,39-41,43H,3,5-7,9-10,20-21H2,1-2H3,(H,37,42). The second-order valence-corrected chi connectivity index (χ2v) is 11.5. The minimum atomic E-state index is -1.04. The maximum atomic E-state index is 13.5. The van der Waals surface area contributed by atoms with Gasteiger partial charge in [0, 0.05) is 37.3 Å². The van der Waals surface area contributed by atoms with Crippen LogP contribution in [0, 0.1) is 0 Å². The largest absolute Gasteiger partial charge is 0.508 e. The number of allylic oxidation sites excluding steroid dienone is 1. The van der Waals surface area contributed by atoms with Crippen molar-refractivity contribution in [2.75, 3.05) is 13.7 Å². The zero-order chi connectivity index (χ0) is 33.2. The van der Waals surface area contributed by atoms with Crippen LogP contribution in [0.2, 0.25) is 0 Å². The molecule has 0 bridgehead atoms. The van der Waals surface area contributed by atoms with E-state index in [-0.39, 0.29) is 46.9 Å². The Morgan fingerprint density at radius 2 is 1.67 bits per heavy atom. The molecule has 0 saturated heterocycles. The molecule has 10 nitrogen and oxygen atoms in total. The molecule has 3 atom stereocenters. The zero-order valence-electron chi connectivity index (χ0n) is 26.1. The molecule has 0 radical (unpaired) electrons. The van der Waals surface area contributed by atoms with Gasteiger partial charge in [-0.05, 0) is 79.6 Å². The highest BCUT2D eigenvalue weighted by atomic mass is 16.5. The van der Waals surface area contributed by atoms with Crippen molar-refractivity contribution < 1.29 is 44.3 Å². The van der Waals surface area contributed by atoms with E-state index in [0.29, 0.717) is 55.4 Å². The number of phenolic OH excluding ortho intramolecular Hbond substituents is 3. The van der Waals surface area contributed by atoms with E-state index in [4.69, 9.17) is 9.47 Å². The average molecular weight is 632 g/mol. The van der Waals surface area contributed by atoms with Crippen molar-refractivity contribution in [3.63, 3.8) is 0 Å². The number of esters is 1. The second-order valence-electron chi connectivity index (χ2n) is 11.5. The van der Waals surface area contributed by atoms with Crippen LogP contribution in [0.4, 0.5) is 0 Å². The van der Waals surface area contributed by atoms with E-state index in [0.717, 1.165) is 0 Å². The van der Waals surface area contributed by atoms with Crippen LogP contribution in [-0.4, -0.2) is 57.8 Å². The number of ether oxygens (including phenoxy) is 2. The minimum Gasteiger partial charge on any atom is -0.508 e. The van der Waals surface area contributed by atoms with Gasteiger partial charge in [0.15, 0.2) is 0 Å². The molecule has 0 aliphatic carbocycles. The summed E-state index contributed by atoms with van der Waals surface area (Å²) in [5.74, 6) is -2.24. The molecule has 1 heterocycles. The number of rotatable bonds is 8. The number of carbonyl (C=O) groups excluding carboxylic acids is 3. The van der Waals surface area contributed by atoms with Crippen LogP contribution in [0.3, 0.4) is 0 Å². The van der Waals surface area contributed by atoms with Gasteiger partial charge in [0.2, 0.25) is 5.91 Å². The molecule has 3 unspecified atom stereocenters. The smallest absolute Gasteiger partial charge is 0.342 e. The molecule has 10 heteroatoms. The van der Waals surface area contributed by atoms with E-state index in [1.807, 2.05) is 0 Å². The number of aliphatic hydroxyl groups is 1. The van der Waals surface area contributed by atoms with Gasteiger partial charge in [-0.25, -0.2) is 4.79 Å². The van der Waals surface area contributed by atoms with Gasteiger partial charge in [-0.15, -0.1) is 0 Å². The lowest BCUT2D eigenvalue weighted by Crippen LogP contribution is -2.29. The third kappa shape index (κ3) is 8.88. The number of Topliss-reactive ketones (excluding diaryl/α,β-unsaturated/α-hetero) is 1. The molecule has 46 heavy (non-hydrogen) atoms. The first-order valence-corrected chi connectivity index (χ1v) is 15.4. The Kier molecular flexibility index (Phi) is 11.8. The second kappa shape index (κ2) is 15.9. The van der Waals surface area contributed by atoms with Crippen LogP contribution >= 0.6 is 0 Å². The fraction of sp³-hybridized carbons (Fsp3) is 0.361. The van der Waals surface area contributed by atoms with Crippen LogP contribution in [0.1, 0.15) is 96.5 Å². The highest BCUT2D eigenvalue weighted by molar-refractivity contribution is 5.98. The first-order valence-electron chi connectivity index (χ1n) is 15.4. The lowest BCUT2D eigenvalue weighted by atomic mass is 9.84. The molecule has 0 spiro atoms. The maximum absolute atomic E-state index is 13.5. The van der Waals surface area contributed by atoms with Gasteiger partial charge in [-0.3, -0.25) is 9.59 Å². The van der Waals surface area contributed by atoms with Gasteiger partial charge >= 0.3 is 5.97 Å². The quantitative estimate of drug-likeness (QED) is 0.197. The van der Waals surface area contributed by atoms with E-state index in [2.05, 4.69) is 5.32 Å². The fourth-order valence-corrected chi connectivity index (χ4v) is 5.52. The summed E-state index contributed by atoms with van der Waals surface area (Å²) in [7, 11) is 1.52. The SMILES string of the molecule is COc1ccc(C(CC(=O)NCC(O)c2ccc(O)cc2)c2c(O)cc3c(c2O)C(=O)OC(C)CCCC(=O)CCCC=C3)cc1. The predicted octanol–water partition coefficient (Wildman–Crippen LogP) is 5.67. The summed E-state index contributed by atoms with van der Waals surface area (Å²) >= 11 is 0. The normalized spacial score (nSPS) is 17.2. The van der Waals surface area contributed by atoms with E-state index in [1.54, 1.807) is 55.5 Å². The number of ketones is 1. The summed E-state index contributed by atoms with van der Waals surface area (Å²) in [5.41, 5.74) is 1.14. The van der Waals surface area contributed by atoms with Gasteiger partial charge in [0.25, 0.3) is 0 Å². The van der Waals surface area contributed by atoms with E-state index in [1.165, 1.54) is 25.3 Å². The number of aliphatic hydroxyl groups excluding tert-OH is 1. The predicted molar refractivity (Wildman–Crippen MR) is 172 cm³/mol. The van der Waals surface area contributed by atoms with Crippen LogP contribution in [0.5, 0.6) is 23.0 Å². The Morgan fingerprint density at radius 1 is 1.00 bits per heavy atom. The Labute approximate surface area is 268 Å². The molecule has 244 valence electrons. The molecule has 4 rings (SSSR count). The van der Waals surface area contributed by atoms with Crippen LogP contribution in [0.25, 0.3) is 6.08 Å². The zero-order valence-corrected chi connectivity index (χ0v) is 26.1. The van der Waals surface area contributed by atoms with E-state index < -0.39 is 35.8 Å². The molecule has 0 fully saturated rings. The molecule has 1 aliphatic heterocycles. The number of amides is 1. The van der Waals surface area contributed by atoms with Crippen molar-refractivity contribution in [3.8, 4) is 23.0 Å². The maximum Gasteiger partial charge on any atom is 0.342 e. The number of nitrogens with one attached hydrogen (secondary N) is 1. The highest BCUT2D eigenvalue weighted by Crippen LogP contribution is 2.44.